The van der Waals surface area contributed by atoms with E-state index >= 15 is 0 Å². The van der Waals surface area contributed by atoms with Crippen LogP contribution in [0.4, 0.5) is 0 Å². The number of hydrogen-bond acceptors (Lipinski definition) is 6. The third-order valence-electron chi connectivity index (χ3n) is 4.60. The van der Waals surface area contributed by atoms with Crippen LogP contribution in [0.3, 0.4) is 0 Å². The number of hydrazone groups is 1. The summed E-state index contributed by atoms with van der Waals surface area (Å²) in [7, 11) is -3.50. The van der Waals surface area contributed by atoms with Gasteiger partial charge in [-0.3, -0.25) is 9.78 Å². The molecule has 0 bridgehead atoms. The van der Waals surface area contributed by atoms with Gasteiger partial charge in [-0.15, -0.1) is 0 Å². The number of carbonyl (C=O) groups is 1. The van der Waals surface area contributed by atoms with Crippen LogP contribution in [0, 0.1) is 0 Å². The highest BCUT2D eigenvalue weighted by Gasteiger charge is 2.26. The summed E-state index contributed by atoms with van der Waals surface area (Å²) >= 11 is 0. The number of nitrogens with zero attached hydrogens (tertiary/aromatic N) is 3. The second-order valence-electron chi connectivity index (χ2n) is 6.63. The second-order valence-corrected chi connectivity index (χ2v) is 8.57. The summed E-state index contributed by atoms with van der Waals surface area (Å²) in [5.41, 5.74) is 4.93. The molecule has 154 valence electrons. The van der Waals surface area contributed by atoms with Crippen LogP contribution in [0.25, 0.3) is 0 Å². The molecule has 1 N–H and O–H groups in total. The van der Waals surface area contributed by atoms with Crippen LogP contribution >= 0.6 is 0 Å². The van der Waals surface area contributed by atoms with E-state index in [-0.39, 0.29) is 17.2 Å². The minimum Gasteiger partial charge on any atom is -0.379 e. The molecule has 9 heteroatoms. The molecule has 2 heterocycles. The van der Waals surface area contributed by atoms with Gasteiger partial charge in [0.05, 0.1) is 23.8 Å². The minimum atomic E-state index is -3.50. The molecule has 0 saturated carbocycles. The average Bonchev–Trinajstić information content (AvgIpc) is 2.77. The number of aryl methyl sites for hydroxylation is 1. The maximum absolute atomic E-state index is 12.6. The number of sulfonamides is 1. The normalized spacial score (nSPS) is 15.8. The molecule has 1 aromatic heterocycles. The Bertz CT molecular complexity index is 954. The number of ether oxygens (including phenoxy) is 1. The van der Waals surface area contributed by atoms with Gasteiger partial charge in [0.25, 0.3) is 0 Å². The number of carbonyl (C=O) groups excluding carboxylic acids is 1. The van der Waals surface area contributed by atoms with E-state index in [9.17, 15) is 13.2 Å². The van der Waals surface area contributed by atoms with Gasteiger partial charge in [-0.1, -0.05) is 18.2 Å². The van der Waals surface area contributed by atoms with Crippen LogP contribution in [0.5, 0.6) is 0 Å². The van der Waals surface area contributed by atoms with E-state index in [1.807, 2.05) is 6.07 Å². The lowest BCUT2D eigenvalue weighted by atomic mass is 10.1. The van der Waals surface area contributed by atoms with Crippen molar-refractivity contribution in [2.45, 2.75) is 24.7 Å². The van der Waals surface area contributed by atoms with Crippen molar-refractivity contribution in [2.75, 3.05) is 26.3 Å². The van der Waals surface area contributed by atoms with Gasteiger partial charge >= 0.3 is 0 Å². The van der Waals surface area contributed by atoms with Crippen molar-refractivity contribution in [3.63, 3.8) is 0 Å². The zero-order valence-electron chi connectivity index (χ0n) is 16.2. The molecular weight excluding hydrogens is 392 g/mol. The van der Waals surface area contributed by atoms with E-state index in [2.05, 4.69) is 15.5 Å². The summed E-state index contributed by atoms with van der Waals surface area (Å²) in [5.74, 6) is -0.210. The molecule has 1 aromatic carbocycles. The van der Waals surface area contributed by atoms with Gasteiger partial charge < -0.3 is 4.74 Å². The van der Waals surface area contributed by atoms with Crippen molar-refractivity contribution in [1.82, 2.24) is 14.7 Å². The maximum atomic E-state index is 12.6. The lowest BCUT2D eigenvalue weighted by Crippen LogP contribution is -2.40. The van der Waals surface area contributed by atoms with E-state index in [1.54, 1.807) is 49.6 Å². The topological polar surface area (TPSA) is 101 Å². The van der Waals surface area contributed by atoms with Gasteiger partial charge in [-0.2, -0.15) is 9.41 Å². The molecule has 0 spiro atoms. The first-order chi connectivity index (χ1) is 14.0. The number of rotatable bonds is 7. The van der Waals surface area contributed by atoms with E-state index in [4.69, 9.17) is 4.74 Å². The number of hydrogen-bond donors (Lipinski definition) is 1. The number of pyridine rings is 1. The first-order valence-corrected chi connectivity index (χ1v) is 10.8. The van der Waals surface area contributed by atoms with Crippen LogP contribution < -0.4 is 5.43 Å². The molecule has 0 atom stereocenters. The predicted octanol–water partition coefficient (Wildman–Crippen LogP) is 1.58. The highest BCUT2D eigenvalue weighted by molar-refractivity contribution is 7.89. The monoisotopic (exact) mass is 416 g/mol. The Labute approximate surface area is 170 Å². The maximum Gasteiger partial charge on any atom is 0.243 e. The van der Waals surface area contributed by atoms with Crippen molar-refractivity contribution in [3.05, 3.63) is 59.9 Å². The fraction of sp³-hybridized carbons (Fsp3) is 0.350. The third kappa shape index (κ3) is 5.69. The summed E-state index contributed by atoms with van der Waals surface area (Å²) in [6.45, 7) is 3.35. The average molecular weight is 417 g/mol. The molecule has 1 aliphatic rings. The number of nitrogens with one attached hydrogen (secondary N) is 1. The molecule has 0 aliphatic carbocycles. The first kappa shape index (κ1) is 21.1. The van der Waals surface area contributed by atoms with E-state index < -0.39 is 10.0 Å². The van der Waals surface area contributed by atoms with Gasteiger partial charge in [0.15, 0.2) is 0 Å². The summed E-state index contributed by atoms with van der Waals surface area (Å²) in [6.07, 6.45) is 4.09. The SMILES string of the molecule is C/C(=N\NC(=O)CCc1ccc(S(=O)(=O)N2CCOCC2)cc1)c1cccnc1. The van der Waals surface area contributed by atoms with Crippen LogP contribution in [-0.2, 0) is 26.0 Å². The van der Waals surface area contributed by atoms with Gasteiger partial charge in [-0.25, -0.2) is 13.8 Å². The number of benzene rings is 1. The lowest BCUT2D eigenvalue weighted by Gasteiger charge is -2.26. The number of amides is 1. The molecular formula is C20H24N4O4S. The predicted molar refractivity (Wildman–Crippen MR) is 109 cm³/mol. The van der Waals surface area contributed by atoms with Crippen molar-refractivity contribution < 1.29 is 17.9 Å². The van der Waals surface area contributed by atoms with E-state index in [0.717, 1.165) is 11.1 Å². The second kappa shape index (κ2) is 9.73. The summed E-state index contributed by atoms with van der Waals surface area (Å²) in [6, 6.07) is 10.3. The van der Waals surface area contributed by atoms with Crippen LogP contribution in [-0.4, -0.2) is 55.6 Å². The smallest absolute Gasteiger partial charge is 0.243 e. The molecule has 2 aromatic rings. The van der Waals surface area contributed by atoms with Crippen LogP contribution in [0.1, 0.15) is 24.5 Å². The Morgan fingerprint density at radius 1 is 1.21 bits per heavy atom. The number of morpholine rings is 1. The molecule has 8 nitrogen and oxygen atoms in total. The van der Waals surface area contributed by atoms with Crippen LogP contribution in [0.15, 0.2) is 58.8 Å². The summed E-state index contributed by atoms with van der Waals surface area (Å²) in [5, 5.41) is 4.09. The zero-order valence-corrected chi connectivity index (χ0v) is 17.1. The van der Waals surface area contributed by atoms with Gasteiger partial charge in [-0.05, 0) is 37.1 Å². The standard InChI is InChI=1S/C20H24N4O4S/c1-16(18-3-2-10-21-15-18)22-23-20(25)9-6-17-4-7-19(8-5-17)29(26,27)24-11-13-28-14-12-24/h2-5,7-8,10,15H,6,9,11-14H2,1H3,(H,23,25)/b22-16+. The Kier molecular flexibility index (Phi) is 7.08. The Morgan fingerprint density at radius 3 is 2.59 bits per heavy atom. The first-order valence-electron chi connectivity index (χ1n) is 9.37. The van der Waals surface area contributed by atoms with Crippen molar-refractivity contribution in [2.24, 2.45) is 5.10 Å². The summed E-state index contributed by atoms with van der Waals surface area (Å²) in [4.78, 5) is 16.3. The van der Waals surface area contributed by atoms with Crippen molar-refractivity contribution >= 4 is 21.6 Å². The molecule has 29 heavy (non-hydrogen) atoms. The molecule has 1 saturated heterocycles. The quantitative estimate of drug-likeness (QED) is 0.545. The van der Waals surface area contributed by atoms with Gasteiger partial charge in [0.2, 0.25) is 15.9 Å². The van der Waals surface area contributed by atoms with Crippen molar-refractivity contribution in [3.8, 4) is 0 Å². The lowest BCUT2D eigenvalue weighted by molar-refractivity contribution is -0.121. The molecule has 0 unspecified atom stereocenters. The van der Waals surface area contributed by atoms with Gasteiger partial charge in [0.1, 0.15) is 0 Å². The zero-order chi connectivity index (χ0) is 20.7. The van der Waals surface area contributed by atoms with E-state index in [1.165, 1.54) is 4.31 Å². The Balaban J connectivity index is 1.53. The van der Waals surface area contributed by atoms with Gasteiger partial charge in [0, 0.05) is 37.5 Å². The largest absolute Gasteiger partial charge is 0.379 e. The number of aromatic nitrogens is 1. The van der Waals surface area contributed by atoms with Crippen molar-refractivity contribution in [1.29, 1.82) is 0 Å². The fourth-order valence-electron chi connectivity index (χ4n) is 2.87. The Hall–Kier alpha value is -2.62. The fourth-order valence-corrected chi connectivity index (χ4v) is 4.27. The summed E-state index contributed by atoms with van der Waals surface area (Å²) < 4.78 is 31.9. The van der Waals surface area contributed by atoms with E-state index in [0.29, 0.717) is 38.4 Å². The molecule has 1 fully saturated rings. The highest BCUT2D eigenvalue weighted by atomic mass is 32.2. The molecule has 1 aliphatic heterocycles. The minimum absolute atomic E-state index is 0.210. The Morgan fingerprint density at radius 2 is 1.93 bits per heavy atom. The highest BCUT2D eigenvalue weighted by Crippen LogP contribution is 2.18. The third-order valence-corrected chi connectivity index (χ3v) is 6.51. The molecule has 1 amide bonds. The molecule has 3 rings (SSSR count). The molecule has 0 radical (unpaired) electrons. The van der Waals surface area contributed by atoms with Crippen LogP contribution in [0.2, 0.25) is 0 Å².